The Labute approximate surface area is 143 Å². The molecule has 0 spiro atoms. The summed E-state index contributed by atoms with van der Waals surface area (Å²) in [6.07, 6.45) is 2.50. The van der Waals surface area contributed by atoms with Gasteiger partial charge in [0.05, 0.1) is 22.4 Å². The Balaban J connectivity index is 1.76. The molecule has 3 rings (SSSR count). The van der Waals surface area contributed by atoms with Crippen LogP contribution in [0.4, 0.5) is 5.69 Å². The minimum Gasteiger partial charge on any atom is -0.326 e. The Morgan fingerprint density at radius 2 is 2.12 bits per heavy atom. The molecule has 24 heavy (non-hydrogen) atoms. The van der Waals surface area contributed by atoms with Gasteiger partial charge in [0, 0.05) is 25.8 Å². The van der Waals surface area contributed by atoms with Crippen LogP contribution >= 0.6 is 11.3 Å². The van der Waals surface area contributed by atoms with Gasteiger partial charge in [0.15, 0.2) is 0 Å². The molecule has 0 aliphatic carbocycles. The minimum absolute atomic E-state index is 0.0513. The topological polar surface area (TPSA) is 88.5 Å². The summed E-state index contributed by atoms with van der Waals surface area (Å²) in [5.41, 5.74) is 1.44. The molecular weight excluding hydrogens is 350 g/mol. The van der Waals surface area contributed by atoms with Gasteiger partial charge in [-0.15, -0.1) is 0 Å². The van der Waals surface area contributed by atoms with Crippen LogP contribution in [0.2, 0.25) is 0 Å². The van der Waals surface area contributed by atoms with Crippen molar-refractivity contribution in [2.75, 3.05) is 24.7 Å². The lowest BCUT2D eigenvalue weighted by molar-refractivity contribution is -0.120. The van der Waals surface area contributed by atoms with E-state index in [1.807, 2.05) is 0 Å². The van der Waals surface area contributed by atoms with Gasteiger partial charge in [-0.3, -0.25) is 9.59 Å². The number of hydrogen-bond donors (Lipinski definition) is 1. The molecule has 1 saturated heterocycles. The second-order valence-corrected chi connectivity index (χ2v) is 9.03. The smallest absolute Gasteiger partial charge is 0.307 e. The largest absolute Gasteiger partial charge is 0.326 e. The van der Waals surface area contributed by atoms with E-state index in [1.54, 1.807) is 29.8 Å². The summed E-state index contributed by atoms with van der Waals surface area (Å²) >= 11 is 1.13. The van der Waals surface area contributed by atoms with Crippen molar-refractivity contribution in [3.8, 4) is 0 Å². The fourth-order valence-electron chi connectivity index (χ4n) is 2.91. The summed E-state index contributed by atoms with van der Waals surface area (Å²) in [6, 6.07) is 5.33. The second-order valence-electron chi connectivity index (χ2n) is 6.06. The third kappa shape index (κ3) is 3.38. The average molecular weight is 369 g/mol. The molecule has 1 N–H and O–H groups in total. The van der Waals surface area contributed by atoms with Gasteiger partial charge < -0.3 is 9.88 Å². The number of amides is 1. The van der Waals surface area contributed by atoms with E-state index in [2.05, 4.69) is 5.32 Å². The monoisotopic (exact) mass is 369 g/mol. The van der Waals surface area contributed by atoms with Gasteiger partial charge in [-0.05, 0) is 31.0 Å². The molecule has 0 radical (unpaired) electrons. The van der Waals surface area contributed by atoms with Crippen LogP contribution in [0.15, 0.2) is 23.0 Å². The highest BCUT2D eigenvalue weighted by atomic mass is 32.2. The molecule has 0 saturated carbocycles. The molecule has 1 fully saturated rings. The molecule has 2 heterocycles. The number of anilines is 1. The van der Waals surface area contributed by atoms with E-state index in [9.17, 15) is 18.0 Å². The molecule has 0 bridgehead atoms. The molecule has 1 aliphatic rings. The summed E-state index contributed by atoms with van der Waals surface area (Å²) in [5.74, 6) is -0.551. The summed E-state index contributed by atoms with van der Waals surface area (Å²) in [7, 11) is -1.57. The van der Waals surface area contributed by atoms with Gasteiger partial charge in [0.25, 0.3) is 0 Å². The van der Waals surface area contributed by atoms with Crippen LogP contribution in [-0.2, 0) is 21.9 Å². The van der Waals surface area contributed by atoms with Crippen molar-refractivity contribution in [1.29, 1.82) is 0 Å². The number of benzene rings is 1. The third-order valence-electron chi connectivity index (χ3n) is 4.28. The Hall–Kier alpha value is -1.71. The molecule has 9 heteroatoms. The highest BCUT2D eigenvalue weighted by molar-refractivity contribution is 7.88. The van der Waals surface area contributed by atoms with Crippen LogP contribution < -0.4 is 10.2 Å². The molecular formula is C15H19N3O4S2. The quantitative estimate of drug-likeness (QED) is 0.881. The Morgan fingerprint density at radius 1 is 1.38 bits per heavy atom. The van der Waals surface area contributed by atoms with Gasteiger partial charge in [-0.1, -0.05) is 11.3 Å². The van der Waals surface area contributed by atoms with Gasteiger partial charge in [0.1, 0.15) is 0 Å². The molecule has 130 valence electrons. The van der Waals surface area contributed by atoms with Crippen molar-refractivity contribution in [3.63, 3.8) is 0 Å². The molecule has 2 aromatic rings. The summed E-state index contributed by atoms with van der Waals surface area (Å²) < 4.78 is 27.0. The number of fused-ring (bicyclic) bond motifs is 1. The lowest BCUT2D eigenvalue weighted by Gasteiger charge is -2.30. The number of piperidine rings is 1. The zero-order valence-electron chi connectivity index (χ0n) is 13.5. The van der Waals surface area contributed by atoms with Crippen LogP contribution in [0.25, 0.3) is 10.2 Å². The Kier molecular flexibility index (Phi) is 4.50. The first kappa shape index (κ1) is 17.1. The molecule has 1 amide bonds. The van der Waals surface area contributed by atoms with Crippen molar-refractivity contribution in [1.82, 2.24) is 8.87 Å². The third-order valence-corrected chi connectivity index (χ3v) is 6.55. The number of hydrogen-bond acceptors (Lipinski definition) is 5. The van der Waals surface area contributed by atoms with E-state index in [-0.39, 0.29) is 23.2 Å². The zero-order chi connectivity index (χ0) is 17.5. The highest BCUT2D eigenvalue weighted by Gasteiger charge is 2.30. The summed E-state index contributed by atoms with van der Waals surface area (Å²) in [5, 5.41) is 2.84. The van der Waals surface area contributed by atoms with E-state index in [1.165, 1.54) is 10.6 Å². The second kappa shape index (κ2) is 6.30. The number of sulfonamides is 1. The van der Waals surface area contributed by atoms with Crippen LogP contribution in [0.1, 0.15) is 12.8 Å². The van der Waals surface area contributed by atoms with Crippen molar-refractivity contribution < 1.29 is 13.2 Å². The summed E-state index contributed by atoms with van der Waals surface area (Å²) in [6.45, 7) is 0.679. The van der Waals surface area contributed by atoms with Crippen molar-refractivity contribution in [3.05, 3.63) is 27.9 Å². The highest BCUT2D eigenvalue weighted by Crippen LogP contribution is 2.24. The number of carbonyl (C=O) groups excluding carboxylic acids is 1. The number of rotatable bonds is 3. The lowest BCUT2D eigenvalue weighted by atomic mass is 9.98. The van der Waals surface area contributed by atoms with Crippen molar-refractivity contribution in [2.45, 2.75) is 12.8 Å². The van der Waals surface area contributed by atoms with Crippen LogP contribution in [0, 0.1) is 5.92 Å². The van der Waals surface area contributed by atoms with Gasteiger partial charge >= 0.3 is 4.87 Å². The minimum atomic E-state index is -3.28. The lowest BCUT2D eigenvalue weighted by Crippen LogP contribution is -2.43. The normalized spacial score (nSPS) is 19.5. The Bertz CT molecular complexity index is 945. The predicted molar refractivity (Wildman–Crippen MR) is 94.8 cm³/mol. The number of aromatic nitrogens is 1. The molecule has 1 aliphatic heterocycles. The first-order valence-corrected chi connectivity index (χ1v) is 10.3. The van der Waals surface area contributed by atoms with Crippen LogP contribution in [0.3, 0.4) is 0 Å². The maximum atomic E-state index is 12.5. The number of nitrogens with one attached hydrogen (secondary N) is 1. The van der Waals surface area contributed by atoms with Crippen LogP contribution in [0.5, 0.6) is 0 Å². The summed E-state index contributed by atoms with van der Waals surface area (Å²) in [4.78, 5) is 24.1. The molecule has 7 nitrogen and oxygen atoms in total. The molecule has 1 atom stereocenters. The van der Waals surface area contributed by atoms with E-state index in [0.29, 0.717) is 25.1 Å². The fraction of sp³-hybridized carbons (Fsp3) is 0.467. The number of aryl methyl sites for hydroxylation is 1. The first-order valence-electron chi connectivity index (χ1n) is 7.61. The number of thiazole rings is 1. The fourth-order valence-corrected chi connectivity index (χ4v) is 4.74. The Morgan fingerprint density at radius 3 is 2.83 bits per heavy atom. The van der Waals surface area contributed by atoms with E-state index >= 15 is 0 Å². The standard InChI is InChI=1S/C15H19N3O4S2/c1-17-12-6-5-11(8-13(12)23-15(17)20)16-14(19)10-4-3-7-18(9-10)24(2,21)22/h5-6,8,10H,3-4,7,9H2,1-2H3,(H,16,19). The zero-order valence-corrected chi connectivity index (χ0v) is 15.1. The number of carbonyl (C=O) groups is 1. The van der Waals surface area contributed by atoms with E-state index in [0.717, 1.165) is 21.6 Å². The van der Waals surface area contributed by atoms with Crippen molar-refractivity contribution >= 4 is 43.2 Å². The van der Waals surface area contributed by atoms with Crippen LogP contribution in [-0.4, -0.2) is 42.5 Å². The predicted octanol–water partition coefficient (Wildman–Crippen LogP) is 1.21. The van der Waals surface area contributed by atoms with Gasteiger partial charge in [-0.25, -0.2) is 12.7 Å². The molecule has 1 aromatic carbocycles. The molecule has 1 unspecified atom stereocenters. The van der Waals surface area contributed by atoms with Crippen molar-refractivity contribution in [2.24, 2.45) is 13.0 Å². The maximum Gasteiger partial charge on any atom is 0.307 e. The first-order chi connectivity index (χ1) is 11.3. The average Bonchev–Trinajstić information content (AvgIpc) is 2.81. The number of nitrogens with zero attached hydrogens (tertiary/aromatic N) is 2. The maximum absolute atomic E-state index is 12.5. The molecule has 1 aromatic heterocycles. The van der Waals surface area contributed by atoms with E-state index in [4.69, 9.17) is 0 Å². The van der Waals surface area contributed by atoms with Gasteiger partial charge in [0.2, 0.25) is 15.9 Å². The van der Waals surface area contributed by atoms with E-state index < -0.39 is 10.0 Å². The van der Waals surface area contributed by atoms with Gasteiger partial charge in [-0.2, -0.15) is 0 Å². The SMILES string of the molecule is Cn1c(=O)sc2cc(NC(=O)C3CCCN(S(C)(=O)=O)C3)ccc21.